The second-order valence-corrected chi connectivity index (χ2v) is 7.28. The molecule has 142 valence electrons. The molecule has 0 atom stereocenters. The highest BCUT2D eigenvalue weighted by Crippen LogP contribution is 2.29. The summed E-state index contributed by atoms with van der Waals surface area (Å²) in [5.41, 5.74) is 1.56. The normalized spacial score (nSPS) is 14.6. The number of hydrogen-bond donors (Lipinski definition) is 0. The van der Waals surface area contributed by atoms with E-state index in [1.54, 1.807) is 43.8 Å². The number of hydrogen-bond acceptors (Lipinski definition) is 7. The Kier molecular flexibility index (Phi) is 4.61. The predicted molar refractivity (Wildman–Crippen MR) is 103 cm³/mol. The number of anilines is 1. The van der Waals surface area contributed by atoms with E-state index >= 15 is 0 Å². The van der Waals surface area contributed by atoms with Crippen LogP contribution in [0.5, 0.6) is 11.5 Å². The molecule has 0 saturated carbocycles. The SMILES string of the molecule is COc1ccc(C(=O)N2CCN(c3nn4cc(C)nc4s3)CC2)cc1OC. The highest BCUT2D eigenvalue weighted by Gasteiger charge is 2.25. The van der Waals surface area contributed by atoms with Gasteiger partial charge in [0.25, 0.3) is 5.91 Å². The molecule has 27 heavy (non-hydrogen) atoms. The summed E-state index contributed by atoms with van der Waals surface area (Å²) < 4.78 is 12.4. The van der Waals surface area contributed by atoms with E-state index in [1.165, 1.54) is 0 Å². The molecule has 0 unspecified atom stereocenters. The maximum absolute atomic E-state index is 12.8. The van der Waals surface area contributed by atoms with Gasteiger partial charge in [-0.1, -0.05) is 11.3 Å². The van der Waals surface area contributed by atoms with Gasteiger partial charge in [0.15, 0.2) is 11.5 Å². The Hall–Kier alpha value is -2.81. The smallest absolute Gasteiger partial charge is 0.254 e. The number of ether oxygens (including phenoxy) is 2. The number of amides is 1. The second kappa shape index (κ2) is 7.07. The predicted octanol–water partition coefficient (Wildman–Crippen LogP) is 2.08. The van der Waals surface area contributed by atoms with E-state index in [9.17, 15) is 4.79 Å². The maximum atomic E-state index is 12.8. The summed E-state index contributed by atoms with van der Waals surface area (Å²) in [7, 11) is 3.15. The lowest BCUT2D eigenvalue weighted by Gasteiger charge is -2.34. The maximum Gasteiger partial charge on any atom is 0.254 e. The third-order valence-corrected chi connectivity index (χ3v) is 5.60. The molecule has 4 rings (SSSR count). The van der Waals surface area contributed by atoms with Crippen molar-refractivity contribution >= 4 is 27.3 Å². The lowest BCUT2D eigenvalue weighted by molar-refractivity contribution is 0.0746. The van der Waals surface area contributed by atoms with Crippen molar-refractivity contribution in [2.24, 2.45) is 0 Å². The Balaban J connectivity index is 1.43. The van der Waals surface area contributed by atoms with Crippen LogP contribution in [0.4, 0.5) is 5.13 Å². The van der Waals surface area contributed by atoms with Crippen LogP contribution in [0.25, 0.3) is 4.96 Å². The summed E-state index contributed by atoms with van der Waals surface area (Å²) in [5, 5.41) is 5.53. The zero-order valence-electron chi connectivity index (χ0n) is 15.5. The first kappa shape index (κ1) is 17.6. The van der Waals surface area contributed by atoms with Gasteiger partial charge in [-0.05, 0) is 25.1 Å². The van der Waals surface area contributed by atoms with Crippen molar-refractivity contribution in [3.63, 3.8) is 0 Å². The van der Waals surface area contributed by atoms with E-state index in [-0.39, 0.29) is 5.91 Å². The van der Waals surface area contributed by atoms with Gasteiger partial charge < -0.3 is 19.3 Å². The van der Waals surface area contributed by atoms with Crippen LogP contribution in [-0.2, 0) is 0 Å². The summed E-state index contributed by atoms with van der Waals surface area (Å²) in [4.78, 5) is 22.2. The molecule has 0 spiro atoms. The van der Waals surface area contributed by atoms with Crippen molar-refractivity contribution < 1.29 is 14.3 Å². The molecule has 2 aromatic heterocycles. The standard InChI is InChI=1S/C18H21N5O3S/c1-12-11-23-17(19-12)27-18(20-23)22-8-6-21(7-9-22)16(24)13-4-5-14(25-2)15(10-13)26-3/h4-5,10-11H,6-9H2,1-3H3. The zero-order valence-corrected chi connectivity index (χ0v) is 16.3. The minimum absolute atomic E-state index is 0.000157. The van der Waals surface area contributed by atoms with E-state index in [4.69, 9.17) is 9.47 Å². The quantitative estimate of drug-likeness (QED) is 0.683. The molecular weight excluding hydrogens is 366 g/mol. The van der Waals surface area contributed by atoms with Crippen molar-refractivity contribution in [2.45, 2.75) is 6.92 Å². The Morgan fingerprint density at radius 3 is 2.52 bits per heavy atom. The van der Waals surface area contributed by atoms with Crippen LogP contribution < -0.4 is 14.4 Å². The first-order valence-electron chi connectivity index (χ1n) is 8.68. The molecule has 1 aliphatic heterocycles. The summed E-state index contributed by atoms with van der Waals surface area (Å²) in [6.07, 6.45) is 1.92. The Bertz CT molecular complexity index is 943. The molecule has 1 saturated heterocycles. The van der Waals surface area contributed by atoms with Crippen LogP contribution in [0.3, 0.4) is 0 Å². The average Bonchev–Trinajstić information content (AvgIpc) is 3.24. The van der Waals surface area contributed by atoms with E-state index in [1.807, 2.05) is 22.5 Å². The van der Waals surface area contributed by atoms with Crippen molar-refractivity contribution in [3.05, 3.63) is 35.7 Å². The van der Waals surface area contributed by atoms with E-state index in [0.29, 0.717) is 30.2 Å². The second-order valence-electron chi connectivity index (χ2n) is 6.34. The molecule has 0 aliphatic carbocycles. The largest absolute Gasteiger partial charge is 0.493 e. The van der Waals surface area contributed by atoms with Crippen molar-refractivity contribution in [3.8, 4) is 11.5 Å². The molecule has 1 aromatic carbocycles. The van der Waals surface area contributed by atoms with Gasteiger partial charge >= 0.3 is 0 Å². The third kappa shape index (κ3) is 3.30. The summed E-state index contributed by atoms with van der Waals surface area (Å²) >= 11 is 1.57. The molecule has 1 amide bonds. The Labute approximate surface area is 160 Å². The molecule has 1 aliphatic rings. The number of aromatic nitrogens is 3. The third-order valence-electron chi connectivity index (χ3n) is 4.62. The van der Waals surface area contributed by atoms with Crippen molar-refractivity contribution in [1.82, 2.24) is 19.5 Å². The highest BCUT2D eigenvalue weighted by molar-refractivity contribution is 7.20. The van der Waals surface area contributed by atoms with Crippen molar-refractivity contribution in [2.75, 3.05) is 45.3 Å². The van der Waals surface area contributed by atoms with E-state index in [2.05, 4.69) is 15.0 Å². The van der Waals surface area contributed by atoms with Gasteiger partial charge in [-0.25, -0.2) is 9.50 Å². The van der Waals surface area contributed by atoms with Crippen LogP contribution in [0.2, 0.25) is 0 Å². The fourth-order valence-electron chi connectivity index (χ4n) is 3.18. The van der Waals surface area contributed by atoms with Gasteiger partial charge in [0, 0.05) is 31.7 Å². The zero-order chi connectivity index (χ0) is 19.0. The summed E-state index contributed by atoms with van der Waals surface area (Å²) in [5.74, 6) is 1.17. The molecule has 8 nitrogen and oxygen atoms in total. The number of aryl methyl sites for hydroxylation is 1. The first-order valence-corrected chi connectivity index (χ1v) is 9.50. The topological polar surface area (TPSA) is 72.2 Å². The van der Waals surface area contributed by atoms with Gasteiger partial charge in [0.05, 0.1) is 26.1 Å². The highest BCUT2D eigenvalue weighted by atomic mass is 32.1. The minimum atomic E-state index is 0.000157. The molecule has 0 radical (unpaired) electrons. The minimum Gasteiger partial charge on any atom is -0.493 e. The van der Waals surface area contributed by atoms with Crippen LogP contribution in [0.15, 0.2) is 24.4 Å². The van der Waals surface area contributed by atoms with Crippen LogP contribution in [-0.4, -0.2) is 65.8 Å². The molecule has 3 aromatic rings. The van der Waals surface area contributed by atoms with Crippen LogP contribution >= 0.6 is 11.3 Å². The molecular formula is C18H21N5O3S. The van der Waals surface area contributed by atoms with Gasteiger partial charge in [0.2, 0.25) is 10.1 Å². The fourth-order valence-corrected chi connectivity index (χ4v) is 4.16. The van der Waals surface area contributed by atoms with Gasteiger partial charge in [0.1, 0.15) is 0 Å². The van der Waals surface area contributed by atoms with Gasteiger partial charge in [-0.3, -0.25) is 4.79 Å². The monoisotopic (exact) mass is 387 g/mol. The van der Waals surface area contributed by atoms with E-state index < -0.39 is 0 Å². The number of fused-ring (bicyclic) bond motifs is 1. The number of carbonyl (C=O) groups is 1. The average molecular weight is 387 g/mol. The number of methoxy groups -OCH3 is 2. The number of imidazole rings is 1. The number of benzene rings is 1. The molecule has 0 bridgehead atoms. The number of nitrogens with zero attached hydrogens (tertiary/aromatic N) is 5. The van der Waals surface area contributed by atoms with Crippen molar-refractivity contribution in [1.29, 1.82) is 0 Å². The fraction of sp³-hybridized carbons (Fsp3) is 0.389. The molecule has 9 heteroatoms. The number of carbonyl (C=O) groups excluding carboxylic acids is 1. The number of piperazine rings is 1. The Morgan fingerprint density at radius 1 is 1.11 bits per heavy atom. The first-order chi connectivity index (χ1) is 13.1. The number of rotatable bonds is 4. The van der Waals surface area contributed by atoms with Crippen LogP contribution in [0, 0.1) is 6.92 Å². The molecule has 0 N–H and O–H groups in total. The lowest BCUT2D eigenvalue weighted by atomic mass is 10.1. The Morgan fingerprint density at radius 2 is 1.85 bits per heavy atom. The summed E-state index contributed by atoms with van der Waals surface area (Å²) in [6.45, 7) is 4.74. The van der Waals surface area contributed by atoms with Crippen LogP contribution in [0.1, 0.15) is 16.1 Å². The molecule has 3 heterocycles. The van der Waals surface area contributed by atoms with Gasteiger partial charge in [-0.15, -0.1) is 5.10 Å². The van der Waals surface area contributed by atoms with E-state index in [0.717, 1.165) is 28.9 Å². The molecule has 1 fully saturated rings. The summed E-state index contributed by atoms with van der Waals surface area (Å²) in [6, 6.07) is 5.26. The van der Waals surface area contributed by atoms with Gasteiger partial charge in [-0.2, -0.15) is 0 Å². The lowest BCUT2D eigenvalue weighted by Crippen LogP contribution is -2.48.